The molecule has 12 heavy (non-hydrogen) atoms. The molecule has 0 N–H and O–H groups in total. The number of isothiocyanates is 1. The van der Waals surface area contributed by atoms with Gasteiger partial charge in [-0.05, 0) is 36.5 Å². The summed E-state index contributed by atoms with van der Waals surface area (Å²) in [5.74, 6) is -0.363. The van der Waals surface area contributed by atoms with Crippen molar-refractivity contribution in [1.82, 2.24) is 0 Å². The fraction of sp³-hybridized carbons (Fsp3) is 0. The molecule has 1 aromatic carbocycles. The van der Waals surface area contributed by atoms with Gasteiger partial charge in [0.15, 0.2) is 0 Å². The molecule has 1 rings (SSSR count). The minimum Gasteiger partial charge on any atom is -0.266 e. The first kappa shape index (κ1) is 9.26. The van der Waals surface area contributed by atoms with Crippen molar-refractivity contribution in [2.75, 3.05) is 0 Å². The van der Waals surface area contributed by atoms with Gasteiger partial charge in [0.1, 0.15) is 0 Å². The Balaban J connectivity index is 2.97. The van der Waals surface area contributed by atoms with Gasteiger partial charge in [0.05, 0.1) is 5.16 Å². The van der Waals surface area contributed by atoms with Crippen LogP contribution in [0, 0.1) is 0 Å². The molecule has 0 aliphatic heterocycles. The van der Waals surface area contributed by atoms with E-state index in [2.05, 4.69) is 33.1 Å². The zero-order valence-electron chi connectivity index (χ0n) is 5.95. The summed E-state index contributed by atoms with van der Waals surface area (Å²) in [4.78, 5) is 14.4. The largest absolute Gasteiger partial charge is 0.285 e. The van der Waals surface area contributed by atoms with Crippen LogP contribution in [-0.4, -0.2) is 11.1 Å². The molecule has 0 saturated heterocycles. The van der Waals surface area contributed by atoms with Gasteiger partial charge in [-0.3, -0.25) is 4.79 Å². The van der Waals surface area contributed by atoms with Gasteiger partial charge in [-0.2, -0.15) is 4.99 Å². The Morgan fingerprint density at radius 1 is 1.42 bits per heavy atom. The Kier molecular flexibility index (Phi) is 3.29. The van der Waals surface area contributed by atoms with Crippen molar-refractivity contribution >= 4 is 39.2 Å². The van der Waals surface area contributed by atoms with Crippen LogP contribution in [0.5, 0.6) is 0 Å². The number of thiocarbonyl (C=S) groups is 1. The predicted molar refractivity (Wildman–Crippen MR) is 53.5 cm³/mol. The Morgan fingerprint density at radius 3 is 2.50 bits per heavy atom. The first-order valence-corrected chi connectivity index (χ1v) is 4.32. The third kappa shape index (κ3) is 2.34. The normalized spacial score (nSPS) is 8.75. The molecular formula is C8H4BrNOS. The molecule has 0 bridgehead atoms. The summed E-state index contributed by atoms with van der Waals surface area (Å²) < 4.78 is 0.922. The Labute approximate surface area is 83.4 Å². The minimum absolute atomic E-state index is 0.363. The monoisotopic (exact) mass is 241 g/mol. The van der Waals surface area contributed by atoms with Crippen LogP contribution in [0.2, 0.25) is 0 Å². The molecular weight excluding hydrogens is 238 g/mol. The van der Waals surface area contributed by atoms with Gasteiger partial charge in [0.2, 0.25) is 0 Å². The van der Waals surface area contributed by atoms with Crippen molar-refractivity contribution in [1.29, 1.82) is 0 Å². The number of hydrogen-bond acceptors (Lipinski definition) is 2. The van der Waals surface area contributed by atoms with Crippen LogP contribution in [0.4, 0.5) is 0 Å². The maximum Gasteiger partial charge on any atom is 0.285 e. The van der Waals surface area contributed by atoms with E-state index in [0.29, 0.717) is 5.56 Å². The molecule has 60 valence electrons. The van der Waals surface area contributed by atoms with Crippen LogP contribution in [0.15, 0.2) is 33.7 Å². The van der Waals surface area contributed by atoms with Crippen LogP contribution in [0.25, 0.3) is 0 Å². The summed E-state index contributed by atoms with van der Waals surface area (Å²) in [5.41, 5.74) is 0.510. The van der Waals surface area contributed by atoms with E-state index in [1.165, 1.54) is 0 Å². The van der Waals surface area contributed by atoms with E-state index in [4.69, 9.17) is 0 Å². The predicted octanol–water partition coefficient (Wildman–Crippen LogP) is 2.69. The number of carbonyl (C=O) groups is 1. The van der Waals surface area contributed by atoms with E-state index in [0.717, 1.165) is 4.47 Å². The summed E-state index contributed by atoms with van der Waals surface area (Å²) in [6.07, 6.45) is 0. The fourth-order valence-corrected chi connectivity index (χ4v) is 1.05. The second-order valence-electron chi connectivity index (χ2n) is 2.02. The maximum atomic E-state index is 11.0. The smallest absolute Gasteiger partial charge is 0.266 e. The van der Waals surface area contributed by atoms with Gasteiger partial charge in [0, 0.05) is 10.0 Å². The molecule has 2 nitrogen and oxygen atoms in total. The summed E-state index contributed by atoms with van der Waals surface area (Å²) in [6, 6.07) is 6.88. The van der Waals surface area contributed by atoms with Crippen molar-refractivity contribution in [3.05, 3.63) is 34.3 Å². The lowest BCUT2D eigenvalue weighted by atomic mass is 10.2. The highest BCUT2D eigenvalue weighted by atomic mass is 79.9. The van der Waals surface area contributed by atoms with E-state index < -0.39 is 0 Å². The average Bonchev–Trinajstić information content (AvgIpc) is 2.06. The quantitative estimate of drug-likeness (QED) is 0.559. The van der Waals surface area contributed by atoms with E-state index in [-0.39, 0.29) is 5.91 Å². The fourth-order valence-electron chi connectivity index (χ4n) is 0.698. The van der Waals surface area contributed by atoms with E-state index in [1.54, 1.807) is 24.3 Å². The molecule has 0 aliphatic carbocycles. The number of nitrogens with zero attached hydrogens (tertiary/aromatic N) is 1. The SMILES string of the molecule is O=C(N=C=S)c1ccc(Br)cc1. The van der Waals surface area contributed by atoms with Crippen LogP contribution >= 0.6 is 28.1 Å². The van der Waals surface area contributed by atoms with Crippen molar-refractivity contribution in [3.8, 4) is 0 Å². The Bertz CT molecular complexity index is 341. The molecule has 0 aromatic heterocycles. The molecule has 4 heteroatoms. The maximum absolute atomic E-state index is 11.0. The van der Waals surface area contributed by atoms with Gasteiger partial charge in [0.25, 0.3) is 5.91 Å². The van der Waals surface area contributed by atoms with Gasteiger partial charge >= 0.3 is 0 Å². The molecule has 1 amide bonds. The average molecular weight is 242 g/mol. The summed E-state index contributed by atoms with van der Waals surface area (Å²) in [5, 5.41) is 2.03. The first-order valence-electron chi connectivity index (χ1n) is 3.12. The number of amides is 1. The standard InChI is InChI=1S/C8H4BrNOS/c9-7-3-1-6(2-4-7)8(11)10-5-12/h1-4H. The van der Waals surface area contributed by atoms with Gasteiger partial charge in [-0.15, -0.1) is 0 Å². The molecule has 0 spiro atoms. The van der Waals surface area contributed by atoms with Crippen LogP contribution in [0.3, 0.4) is 0 Å². The highest BCUT2D eigenvalue weighted by Gasteiger charge is 2.00. The Morgan fingerprint density at radius 2 is 2.00 bits per heavy atom. The second-order valence-corrected chi connectivity index (χ2v) is 3.11. The summed E-state index contributed by atoms with van der Waals surface area (Å²) >= 11 is 7.56. The first-order chi connectivity index (χ1) is 5.74. The molecule has 0 fully saturated rings. The minimum atomic E-state index is -0.363. The zero-order valence-corrected chi connectivity index (χ0v) is 8.35. The van der Waals surface area contributed by atoms with Crippen LogP contribution in [-0.2, 0) is 0 Å². The third-order valence-electron chi connectivity index (χ3n) is 1.24. The highest BCUT2D eigenvalue weighted by Crippen LogP contribution is 2.10. The van der Waals surface area contributed by atoms with E-state index >= 15 is 0 Å². The Hall–Kier alpha value is -0.830. The van der Waals surface area contributed by atoms with E-state index in [1.807, 2.05) is 5.16 Å². The lowest BCUT2D eigenvalue weighted by Crippen LogP contribution is -1.92. The van der Waals surface area contributed by atoms with Crippen molar-refractivity contribution in [2.24, 2.45) is 4.99 Å². The molecule has 1 aromatic rings. The third-order valence-corrected chi connectivity index (χ3v) is 1.86. The van der Waals surface area contributed by atoms with Crippen molar-refractivity contribution < 1.29 is 4.79 Å². The van der Waals surface area contributed by atoms with E-state index in [9.17, 15) is 4.79 Å². The molecule has 0 saturated carbocycles. The number of carbonyl (C=O) groups excluding carboxylic acids is 1. The lowest BCUT2D eigenvalue weighted by molar-refractivity contribution is 0.100. The lowest BCUT2D eigenvalue weighted by Gasteiger charge is -1.92. The number of halogens is 1. The molecule has 0 aliphatic rings. The number of hydrogen-bond donors (Lipinski definition) is 0. The molecule has 0 unspecified atom stereocenters. The number of aliphatic imine (C=N–C) groups is 1. The summed E-state index contributed by atoms with van der Waals surface area (Å²) in [6.45, 7) is 0. The van der Waals surface area contributed by atoms with Crippen LogP contribution < -0.4 is 0 Å². The highest BCUT2D eigenvalue weighted by molar-refractivity contribution is 9.10. The zero-order chi connectivity index (χ0) is 8.97. The second kappa shape index (κ2) is 4.26. The number of benzene rings is 1. The van der Waals surface area contributed by atoms with Crippen molar-refractivity contribution in [2.45, 2.75) is 0 Å². The van der Waals surface area contributed by atoms with Gasteiger partial charge in [-0.25, -0.2) is 0 Å². The van der Waals surface area contributed by atoms with Gasteiger partial charge in [-0.1, -0.05) is 15.9 Å². The van der Waals surface area contributed by atoms with Crippen molar-refractivity contribution in [3.63, 3.8) is 0 Å². The van der Waals surface area contributed by atoms with Crippen LogP contribution in [0.1, 0.15) is 10.4 Å². The molecule has 0 heterocycles. The summed E-state index contributed by atoms with van der Waals surface area (Å²) in [7, 11) is 0. The topological polar surface area (TPSA) is 29.4 Å². The van der Waals surface area contributed by atoms with Gasteiger partial charge < -0.3 is 0 Å². The molecule has 0 radical (unpaired) electrons. The number of rotatable bonds is 1. The molecule has 0 atom stereocenters.